The number of benzene rings is 2. The molecule has 2 aromatic carbocycles. The average Bonchev–Trinajstić information content (AvgIpc) is 2.52. The van der Waals surface area contributed by atoms with E-state index in [2.05, 4.69) is 0 Å². The van der Waals surface area contributed by atoms with Crippen LogP contribution in [0.1, 0.15) is 17.2 Å². The fourth-order valence-corrected chi connectivity index (χ4v) is 1.78. The molecule has 0 fully saturated rings. The topological polar surface area (TPSA) is 73.5 Å². The summed E-state index contributed by atoms with van der Waals surface area (Å²) in [7, 11) is 0. The van der Waals surface area contributed by atoms with E-state index in [1.54, 1.807) is 30.3 Å². The van der Waals surface area contributed by atoms with Crippen molar-refractivity contribution in [1.29, 1.82) is 5.26 Å². The first kappa shape index (κ1) is 14.1. The van der Waals surface area contributed by atoms with Crippen molar-refractivity contribution in [3.63, 3.8) is 0 Å². The Hall–Kier alpha value is -2.35. The van der Waals surface area contributed by atoms with Crippen molar-refractivity contribution < 1.29 is 14.9 Å². The monoisotopic (exact) mass is 269 g/mol. The summed E-state index contributed by atoms with van der Waals surface area (Å²) in [6.07, 6.45) is -2.68. The number of aliphatic hydroxyl groups is 2. The number of nitriles is 1. The molecular weight excluding hydrogens is 254 g/mol. The maximum Gasteiger partial charge on any atom is 0.170 e. The van der Waals surface area contributed by atoms with Crippen LogP contribution < -0.4 is 4.74 Å². The number of nitrogens with zero attached hydrogens (tertiary/aromatic N) is 1. The molecule has 0 spiro atoms. The summed E-state index contributed by atoms with van der Waals surface area (Å²) in [5.41, 5.74) is 1.49. The summed E-state index contributed by atoms with van der Waals surface area (Å²) in [5, 5.41) is 27.7. The molecule has 2 aromatic rings. The second-order valence-electron chi connectivity index (χ2n) is 4.37. The van der Waals surface area contributed by atoms with Gasteiger partial charge in [-0.25, -0.2) is 0 Å². The molecule has 0 aliphatic heterocycles. The minimum atomic E-state index is -1.45. The van der Waals surface area contributed by atoms with E-state index in [4.69, 9.17) is 10.00 Å². The van der Waals surface area contributed by atoms with Crippen LogP contribution in [0.25, 0.3) is 0 Å². The molecule has 2 N–H and O–H groups in total. The number of hydrogen-bond acceptors (Lipinski definition) is 4. The molecular formula is C16H15NO3. The van der Waals surface area contributed by atoms with Crippen LogP contribution in [0.2, 0.25) is 0 Å². The summed E-state index contributed by atoms with van der Waals surface area (Å²) in [5.74, 6) is 0.579. The first-order valence-electron chi connectivity index (χ1n) is 6.23. The third-order valence-corrected chi connectivity index (χ3v) is 2.88. The third kappa shape index (κ3) is 3.58. The van der Waals surface area contributed by atoms with E-state index in [9.17, 15) is 10.2 Å². The lowest BCUT2D eigenvalue weighted by molar-refractivity contribution is 0.0526. The van der Waals surface area contributed by atoms with Crippen LogP contribution in [-0.4, -0.2) is 16.3 Å². The van der Waals surface area contributed by atoms with E-state index >= 15 is 0 Å². The van der Waals surface area contributed by atoms with Crippen LogP contribution in [0.5, 0.6) is 5.75 Å². The largest absolute Gasteiger partial charge is 0.489 e. The molecule has 0 radical (unpaired) electrons. The predicted molar refractivity (Wildman–Crippen MR) is 73.8 cm³/mol. The number of aliphatic hydroxyl groups excluding tert-OH is 2. The molecule has 0 aliphatic rings. The van der Waals surface area contributed by atoms with Crippen LogP contribution in [0, 0.1) is 11.3 Å². The van der Waals surface area contributed by atoms with Gasteiger partial charge in [-0.2, -0.15) is 5.26 Å². The van der Waals surface area contributed by atoms with Gasteiger partial charge in [0.25, 0.3) is 0 Å². The predicted octanol–water partition coefficient (Wildman–Crippen LogP) is 2.18. The highest BCUT2D eigenvalue weighted by molar-refractivity contribution is 5.31. The summed E-state index contributed by atoms with van der Waals surface area (Å²) >= 11 is 0. The van der Waals surface area contributed by atoms with Gasteiger partial charge in [0.05, 0.1) is 6.07 Å². The average molecular weight is 269 g/mol. The highest BCUT2D eigenvalue weighted by atomic mass is 16.5. The van der Waals surface area contributed by atoms with Gasteiger partial charge < -0.3 is 14.9 Å². The Morgan fingerprint density at radius 1 is 1.05 bits per heavy atom. The molecule has 4 heteroatoms. The summed E-state index contributed by atoms with van der Waals surface area (Å²) in [6, 6.07) is 18.0. The molecule has 102 valence electrons. The number of ether oxygens (including phenoxy) is 1. The molecule has 0 aromatic heterocycles. The van der Waals surface area contributed by atoms with E-state index in [0.29, 0.717) is 17.9 Å². The maximum atomic E-state index is 9.77. The lowest BCUT2D eigenvalue weighted by Gasteiger charge is -2.13. The van der Waals surface area contributed by atoms with Gasteiger partial charge in [-0.1, -0.05) is 42.5 Å². The Kier molecular flexibility index (Phi) is 4.72. The Labute approximate surface area is 117 Å². The fourth-order valence-electron chi connectivity index (χ4n) is 1.78. The Morgan fingerprint density at radius 2 is 1.80 bits per heavy atom. The smallest absolute Gasteiger partial charge is 0.170 e. The molecule has 0 saturated carbocycles. The standard InChI is InChI=1S/C16H15NO3/c17-10-15(18)16(19)13-7-4-8-14(9-13)20-11-12-5-2-1-3-6-12/h1-9,15-16,18-19H,11H2. The zero-order chi connectivity index (χ0) is 14.4. The molecule has 0 amide bonds. The molecule has 20 heavy (non-hydrogen) atoms. The van der Waals surface area contributed by atoms with Crippen LogP contribution >= 0.6 is 0 Å². The number of hydrogen-bond donors (Lipinski definition) is 2. The zero-order valence-electron chi connectivity index (χ0n) is 10.8. The summed E-state index contributed by atoms with van der Waals surface area (Å²) in [4.78, 5) is 0. The van der Waals surface area contributed by atoms with Crippen molar-refractivity contribution in [2.24, 2.45) is 0 Å². The summed E-state index contributed by atoms with van der Waals surface area (Å²) < 4.78 is 5.62. The van der Waals surface area contributed by atoms with Crippen LogP contribution in [0.4, 0.5) is 0 Å². The minimum Gasteiger partial charge on any atom is -0.489 e. The lowest BCUT2D eigenvalue weighted by atomic mass is 10.1. The third-order valence-electron chi connectivity index (χ3n) is 2.88. The first-order chi connectivity index (χ1) is 9.70. The van der Waals surface area contributed by atoms with Gasteiger partial charge in [0, 0.05) is 0 Å². The molecule has 0 bridgehead atoms. The van der Waals surface area contributed by atoms with Gasteiger partial charge in [-0.05, 0) is 23.3 Å². The van der Waals surface area contributed by atoms with E-state index in [-0.39, 0.29) is 0 Å². The SMILES string of the molecule is N#CC(O)C(O)c1cccc(OCc2ccccc2)c1. The Balaban J connectivity index is 2.05. The first-order valence-corrected chi connectivity index (χ1v) is 6.23. The number of rotatable bonds is 5. The van der Waals surface area contributed by atoms with Crippen LogP contribution in [0.3, 0.4) is 0 Å². The lowest BCUT2D eigenvalue weighted by Crippen LogP contribution is -2.15. The summed E-state index contributed by atoms with van der Waals surface area (Å²) in [6.45, 7) is 0.418. The highest BCUT2D eigenvalue weighted by Crippen LogP contribution is 2.22. The molecule has 0 aliphatic carbocycles. The second kappa shape index (κ2) is 6.71. The van der Waals surface area contributed by atoms with Gasteiger partial charge in [-0.15, -0.1) is 0 Å². The molecule has 0 saturated heterocycles. The highest BCUT2D eigenvalue weighted by Gasteiger charge is 2.17. The van der Waals surface area contributed by atoms with E-state index in [0.717, 1.165) is 5.56 Å². The van der Waals surface area contributed by atoms with Crippen molar-refractivity contribution >= 4 is 0 Å². The van der Waals surface area contributed by atoms with Crippen LogP contribution in [0.15, 0.2) is 54.6 Å². The van der Waals surface area contributed by atoms with Crippen molar-refractivity contribution in [3.8, 4) is 11.8 Å². The van der Waals surface area contributed by atoms with Crippen molar-refractivity contribution in [3.05, 3.63) is 65.7 Å². The Bertz CT molecular complexity index is 592. The van der Waals surface area contributed by atoms with Gasteiger partial charge in [0.15, 0.2) is 6.10 Å². The zero-order valence-corrected chi connectivity index (χ0v) is 10.8. The van der Waals surface area contributed by atoms with Gasteiger partial charge in [0.1, 0.15) is 18.5 Å². The van der Waals surface area contributed by atoms with E-state index in [1.165, 1.54) is 0 Å². The molecule has 2 rings (SSSR count). The van der Waals surface area contributed by atoms with E-state index in [1.807, 2.05) is 30.3 Å². The molecule has 0 heterocycles. The van der Waals surface area contributed by atoms with Gasteiger partial charge in [-0.3, -0.25) is 0 Å². The molecule has 2 atom stereocenters. The van der Waals surface area contributed by atoms with Gasteiger partial charge in [0.2, 0.25) is 0 Å². The quantitative estimate of drug-likeness (QED) is 0.816. The van der Waals surface area contributed by atoms with E-state index < -0.39 is 12.2 Å². The van der Waals surface area contributed by atoms with Crippen LogP contribution in [-0.2, 0) is 6.61 Å². The fraction of sp³-hybridized carbons (Fsp3) is 0.188. The van der Waals surface area contributed by atoms with Crippen molar-refractivity contribution in [2.45, 2.75) is 18.8 Å². The van der Waals surface area contributed by atoms with Crippen molar-refractivity contribution in [1.82, 2.24) is 0 Å². The molecule has 4 nitrogen and oxygen atoms in total. The normalized spacial score (nSPS) is 13.2. The Morgan fingerprint density at radius 3 is 2.50 bits per heavy atom. The molecule has 2 unspecified atom stereocenters. The van der Waals surface area contributed by atoms with Gasteiger partial charge >= 0.3 is 0 Å². The minimum absolute atomic E-state index is 0.418. The van der Waals surface area contributed by atoms with Crippen molar-refractivity contribution in [2.75, 3.05) is 0 Å². The second-order valence-corrected chi connectivity index (χ2v) is 4.37. The maximum absolute atomic E-state index is 9.77.